The van der Waals surface area contributed by atoms with E-state index in [9.17, 15) is 4.79 Å². The summed E-state index contributed by atoms with van der Waals surface area (Å²) in [5, 5.41) is 10.1. The number of nitrogens with one attached hydrogen (secondary N) is 2. The summed E-state index contributed by atoms with van der Waals surface area (Å²) >= 11 is 6.10. The zero-order chi connectivity index (χ0) is 14.5. The van der Waals surface area contributed by atoms with Crippen LogP contribution in [0.5, 0.6) is 0 Å². The number of nitrogens with zero attached hydrogens (tertiary/aromatic N) is 1. The molecule has 2 N–H and O–H groups in total. The lowest BCUT2D eigenvalue weighted by molar-refractivity contribution is -0.115. The number of anilines is 1. The highest BCUT2D eigenvalue weighted by Crippen LogP contribution is 2.21. The first-order chi connectivity index (χ1) is 9.56. The van der Waals surface area contributed by atoms with E-state index in [-0.39, 0.29) is 18.5 Å². The molecule has 6 heteroatoms. The highest BCUT2D eigenvalue weighted by atomic mass is 35.5. The van der Waals surface area contributed by atoms with Crippen LogP contribution in [0.3, 0.4) is 0 Å². The Kier molecular flexibility index (Phi) is 4.76. The molecule has 0 aliphatic rings. The second-order valence-corrected chi connectivity index (χ2v) is 4.91. The molecule has 0 bridgehead atoms. The molecule has 0 spiro atoms. The fraction of sp³-hybridized carbons (Fsp3) is 0.286. The normalized spacial score (nSPS) is 12.2. The quantitative estimate of drug-likeness (QED) is 0.889. The van der Waals surface area contributed by atoms with Gasteiger partial charge in [-0.25, -0.2) is 0 Å². The van der Waals surface area contributed by atoms with Crippen molar-refractivity contribution in [2.75, 3.05) is 11.9 Å². The van der Waals surface area contributed by atoms with E-state index in [0.29, 0.717) is 10.9 Å². The summed E-state index contributed by atoms with van der Waals surface area (Å²) in [6.07, 6.45) is 0. The number of amides is 1. The van der Waals surface area contributed by atoms with E-state index >= 15 is 0 Å². The average molecular weight is 294 g/mol. The summed E-state index contributed by atoms with van der Waals surface area (Å²) in [4.78, 5) is 11.7. The molecule has 0 aliphatic carbocycles. The second-order valence-electron chi connectivity index (χ2n) is 4.50. The highest BCUT2D eigenvalue weighted by Gasteiger charge is 2.11. The predicted molar refractivity (Wildman–Crippen MR) is 77.7 cm³/mol. The van der Waals surface area contributed by atoms with Gasteiger partial charge >= 0.3 is 0 Å². The van der Waals surface area contributed by atoms with Crippen molar-refractivity contribution in [1.82, 2.24) is 10.5 Å². The van der Waals surface area contributed by atoms with E-state index in [0.717, 1.165) is 11.3 Å². The van der Waals surface area contributed by atoms with Crippen molar-refractivity contribution < 1.29 is 9.32 Å². The van der Waals surface area contributed by atoms with Crippen molar-refractivity contribution >= 4 is 23.4 Å². The van der Waals surface area contributed by atoms with Crippen LogP contribution in [-0.4, -0.2) is 17.6 Å². The molecule has 1 aromatic carbocycles. The third-order valence-corrected chi connectivity index (χ3v) is 3.18. The molecule has 106 valence electrons. The Bertz CT molecular complexity index is 598. The first-order valence-corrected chi connectivity index (χ1v) is 6.65. The summed E-state index contributed by atoms with van der Waals surface area (Å²) in [6.45, 7) is 3.90. The first kappa shape index (κ1) is 14.6. The summed E-state index contributed by atoms with van der Waals surface area (Å²) in [5.41, 5.74) is 1.68. The van der Waals surface area contributed by atoms with Crippen LogP contribution in [-0.2, 0) is 4.79 Å². The standard InChI is InChI=1S/C14H16ClN3O2/c1-9-7-14(20-18-9)17-13(19)8-16-10(2)11-5-3-4-6-12(11)15/h3-7,10,16H,8H2,1-2H3,(H,17,19). The lowest BCUT2D eigenvalue weighted by Gasteiger charge is -2.15. The Morgan fingerprint density at radius 2 is 2.20 bits per heavy atom. The number of hydrogen-bond acceptors (Lipinski definition) is 4. The monoisotopic (exact) mass is 293 g/mol. The van der Waals surface area contributed by atoms with Crippen LogP contribution >= 0.6 is 11.6 Å². The minimum Gasteiger partial charge on any atom is -0.338 e. The average Bonchev–Trinajstić information content (AvgIpc) is 2.82. The maximum absolute atomic E-state index is 11.7. The molecule has 1 unspecified atom stereocenters. The number of hydrogen-bond donors (Lipinski definition) is 2. The number of carbonyl (C=O) groups is 1. The van der Waals surface area contributed by atoms with Crippen molar-refractivity contribution in [3.05, 3.63) is 46.6 Å². The van der Waals surface area contributed by atoms with Crippen molar-refractivity contribution in [1.29, 1.82) is 0 Å². The van der Waals surface area contributed by atoms with Gasteiger partial charge in [-0.3, -0.25) is 10.1 Å². The minimum atomic E-state index is -0.194. The molecule has 0 aliphatic heterocycles. The number of aryl methyl sites for hydroxylation is 1. The first-order valence-electron chi connectivity index (χ1n) is 6.27. The van der Waals surface area contributed by atoms with Gasteiger partial charge in [-0.15, -0.1) is 0 Å². The van der Waals surface area contributed by atoms with Crippen molar-refractivity contribution in [2.45, 2.75) is 19.9 Å². The van der Waals surface area contributed by atoms with E-state index in [4.69, 9.17) is 16.1 Å². The van der Waals surface area contributed by atoms with Gasteiger partial charge in [-0.05, 0) is 25.5 Å². The molecule has 1 aromatic heterocycles. The maximum atomic E-state index is 11.7. The highest BCUT2D eigenvalue weighted by molar-refractivity contribution is 6.31. The Balaban J connectivity index is 1.85. The van der Waals surface area contributed by atoms with Gasteiger partial charge < -0.3 is 9.84 Å². The lowest BCUT2D eigenvalue weighted by Crippen LogP contribution is -2.30. The van der Waals surface area contributed by atoms with Crippen LogP contribution in [0.25, 0.3) is 0 Å². The Labute approximate surface area is 122 Å². The van der Waals surface area contributed by atoms with Gasteiger partial charge in [0, 0.05) is 17.1 Å². The Hall–Kier alpha value is -1.85. The number of carbonyl (C=O) groups excluding carboxylic acids is 1. The Morgan fingerprint density at radius 1 is 1.45 bits per heavy atom. The van der Waals surface area contributed by atoms with E-state index in [1.54, 1.807) is 13.0 Å². The molecular weight excluding hydrogens is 278 g/mol. The summed E-state index contributed by atoms with van der Waals surface area (Å²) in [6, 6.07) is 9.18. The number of benzene rings is 1. The van der Waals surface area contributed by atoms with Crippen LogP contribution in [0.15, 0.2) is 34.9 Å². The predicted octanol–water partition coefficient (Wildman–Crippen LogP) is 2.93. The van der Waals surface area contributed by atoms with Crippen LogP contribution < -0.4 is 10.6 Å². The van der Waals surface area contributed by atoms with Gasteiger partial charge in [0.1, 0.15) is 0 Å². The van der Waals surface area contributed by atoms with E-state index in [1.165, 1.54) is 0 Å². The van der Waals surface area contributed by atoms with E-state index < -0.39 is 0 Å². The van der Waals surface area contributed by atoms with Crippen molar-refractivity contribution in [3.8, 4) is 0 Å². The van der Waals surface area contributed by atoms with E-state index in [1.807, 2.05) is 31.2 Å². The molecule has 5 nitrogen and oxygen atoms in total. The molecule has 1 heterocycles. The van der Waals surface area contributed by atoms with Crippen LogP contribution in [0, 0.1) is 6.92 Å². The third-order valence-electron chi connectivity index (χ3n) is 2.83. The minimum absolute atomic E-state index is 0.0223. The molecule has 2 aromatic rings. The van der Waals surface area contributed by atoms with Gasteiger partial charge in [-0.2, -0.15) is 0 Å². The zero-order valence-corrected chi connectivity index (χ0v) is 12.1. The van der Waals surface area contributed by atoms with E-state index in [2.05, 4.69) is 15.8 Å². The second kappa shape index (κ2) is 6.54. The van der Waals surface area contributed by atoms with Gasteiger partial charge in [0.05, 0.1) is 12.2 Å². The van der Waals surface area contributed by atoms with Crippen LogP contribution in [0.1, 0.15) is 24.2 Å². The maximum Gasteiger partial charge on any atom is 0.240 e. The number of aromatic nitrogens is 1. The molecule has 20 heavy (non-hydrogen) atoms. The van der Waals surface area contributed by atoms with Gasteiger partial charge in [0.25, 0.3) is 0 Å². The number of rotatable bonds is 5. The zero-order valence-electron chi connectivity index (χ0n) is 11.3. The molecule has 0 fully saturated rings. The lowest BCUT2D eigenvalue weighted by atomic mass is 10.1. The molecule has 1 atom stereocenters. The molecule has 0 radical (unpaired) electrons. The summed E-state index contributed by atoms with van der Waals surface area (Å²) in [5.74, 6) is 0.153. The SMILES string of the molecule is Cc1cc(NC(=O)CNC(C)c2ccccc2Cl)on1. The molecular formula is C14H16ClN3O2. The summed E-state index contributed by atoms with van der Waals surface area (Å²) in [7, 11) is 0. The molecule has 0 saturated carbocycles. The van der Waals surface area contributed by atoms with Gasteiger partial charge in [0.15, 0.2) is 0 Å². The van der Waals surface area contributed by atoms with Crippen LogP contribution in [0.2, 0.25) is 5.02 Å². The van der Waals surface area contributed by atoms with Crippen LogP contribution in [0.4, 0.5) is 5.88 Å². The fourth-order valence-corrected chi connectivity index (χ4v) is 2.09. The third kappa shape index (κ3) is 3.82. The Morgan fingerprint density at radius 3 is 2.85 bits per heavy atom. The molecule has 2 rings (SSSR count). The van der Waals surface area contributed by atoms with Crippen molar-refractivity contribution in [3.63, 3.8) is 0 Å². The smallest absolute Gasteiger partial charge is 0.240 e. The largest absolute Gasteiger partial charge is 0.338 e. The van der Waals surface area contributed by atoms with Gasteiger partial charge in [-0.1, -0.05) is 35.0 Å². The van der Waals surface area contributed by atoms with Gasteiger partial charge in [0.2, 0.25) is 11.8 Å². The van der Waals surface area contributed by atoms with Crippen molar-refractivity contribution in [2.24, 2.45) is 0 Å². The molecule has 1 amide bonds. The number of halogens is 1. The molecule has 0 saturated heterocycles. The fourth-order valence-electron chi connectivity index (χ4n) is 1.79. The topological polar surface area (TPSA) is 67.2 Å². The summed E-state index contributed by atoms with van der Waals surface area (Å²) < 4.78 is 4.91.